The van der Waals surface area contributed by atoms with E-state index in [2.05, 4.69) is 0 Å². The van der Waals surface area contributed by atoms with E-state index in [1.54, 1.807) is 11.4 Å². The van der Waals surface area contributed by atoms with Crippen LogP contribution in [0.25, 0.3) is 0 Å². The van der Waals surface area contributed by atoms with Crippen LogP contribution in [0.4, 0.5) is 0 Å². The van der Waals surface area contributed by atoms with Gasteiger partial charge in [0.1, 0.15) is 8.63 Å². The third kappa shape index (κ3) is 3.40. The zero-order valence-electron chi connectivity index (χ0n) is 5.81. The van der Waals surface area contributed by atoms with Crippen molar-refractivity contribution in [3.63, 3.8) is 0 Å². The van der Waals surface area contributed by atoms with Crippen molar-refractivity contribution in [2.75, 3.05) is 6.35 Å². The molecule has 0 aliphatic heterocycles. The van der Waals surface area contributed by atoms with Crippen LogP contribution >= 0.6 is 41.5 Å². The van der Waals surface area contributed by atoms with Crippen LogP contribution in [0, 0.1) is 2.88 Å². The van der Waals surface area contributed by atoms with Crippen molar-refractivity contribution in [2.45, 2.75) is 0 Å². The van der Waals surface area contributed by atoms with Gasteiger partial charge in [0.2, 0.25) is 0 Å². The number of ether oxygens (including phenoxy) is 1. The molecule has 0 amide bonds. The van der Waals surface area contributed by atoms with Crippen LogP contribution < -0.4 is 4.74 Å². The molecule has 0 atom stereocenters. The molecule has 4 nitrogen and oxygen atoms in total. The third-order valence-corrected chi connectivity index (χ3v) is 3.41. The lowest BCUT2D eigenvalue weighted by Gasteiger charge is -2.05. The molecule has 0 saturated carbocycles. The smallest absolute Gasteiger partial charge is 0.362 e. The molecule has 0 aliphatic rings. The highest BCUT2D eigenvalue weighted by molar-refractivity contribution is 14.1. The second-order valence-corrected chi connectivity index (χ2v) is 6.31. The Hall–Kier alpha value is 0.380. The predicted octanol–water partition coefficient (Wildman–Crippen LogP) is 1.87. The lowest BCUT2D eigenvalue weighted by atomic mass is 10.6. The molecule has 0 bridgehead atoms. The largest absolute Gasteiger partial charge is 0.479 e. The maximum atomic E-state index is 10.4. The summed E-state index contributed by atoms with van der Waals surface area (Å²) >= 11 is 3.51. The minimum Gasteiger partial charge on any atom is -0.479 e. The maximum Gasteiger partial charge on any atom is 0.362 e. The van der Waals surface area contributed by atoms with Crippen LogP contribution in [0.1, 0.15) is 0 Å². The Labute approximate surface area is 86.9 Å². The Morgan fingerprint density at radius 2 is 2.33 bits per heavy atom. The van der Waals surface area contributed by atoms with Crippen molar-refractivity contribution in [1.82, 2.24) is 0 Å². The van der Waals surface area contributed by atoms with Gasteiger partial charge in [-0.05, 0) is 34.0 Å². The Kier molecular flexibility index (Phi) is 3.54. The molecule has 0 aromatic carbocycles. The Bertz CT molecular complexity index is 306. The van der Waals surface area contributed by atoms with Gasteiger partial charge in [-0.1, -0.05) is 0 Å². The van der Waals surface area contributed by atoms with Gasteiger partial charge in [0.15, 0.2) is 6.35 Å². The molecule has 12 heavy (non-hydrogen) atoms. The average molecular weight is 320 g/mol. The van der Waals surface area contributed by atoms with Crippen LogP contribution in [0.3, 0.4) is 0 Å². The lowest BCUT2D eigenvalue weighted by Crippen LogP contribution is -1.97. The Balaban J connectivity index is 2.55. The standard InChI is InChI=1S/C5H6IO4PS/c6-5-4(1-2-12-5)10-3-11(7,8)9/h1-2H,3H2,(H2,7,8,9). The molecule has 0 aliphatic carbocycles. The van der Waals surface area contributed by atoms with Crippen LogP contribution in [0.15, 0.2) is 11.4 Å². The molecule has 2 N–H and O–H groups in total. The minimum absolute atomic E-state index is 0.531. The van der Waals surface area contributed by atoms with Crippen molar-refractivity contribution in [2.24, 2.45) is 0 Å². The highest BCUT2D eigenvalue weighted by atomic mass is 127. The molecule has 7 heteroatoms. The fraction of sp³-hybridized carbons (Fsp3) is 0.200. The summed E-state index contributed by atoms with van der Waals surface area (Å²) in [4.78, 5) is 17.0. The van der Waals surface area contributed by atoms with Crippen molar-refractivity contribution < 1.29 is 19.1 Å². The average Bonchev–Trinajstić information content (AvgIpc) is 2.29. The van der Waals surface area contributed by atoms with Crippen LogP contribution in [0.2, 0.25) is 0 Å². The summed E-state index contributed by atoms with van der Waals surface area (Å²) in [7, 11) is -4.05. The Morgan fingerprint density at radius 1 is 1.67 bits per heavy atom. The molecule has 1 aromatic rings. The van der Waals surface area contributed by atoms with Crippen LogP contribution in [0.5, 0.6) is 5.75 Å². The summed E-state index contributed by atoms with van der Waals surface area (Å²) in [5, 5.41) is 1.80. The van der Waals surface area contributed by atoms with E-state index in [9.17, 15) is 4.57 Å². The zero-order valence-corrected chi connectivity index (χ0v) is 9.67. The van der Waals surface area contributed by atoms with Gasteiger partial charge in [-0.25, -0.2) is 0 Å². The molecule has 68 valence electrons. The van der Waals surface area contributed by atoms with Gasteiger partial charge in [-0.15, -0.1) is 11.3 Å². The number of hydrogen-bond acceptors (Lipinski definition) is 3. The van der Waals surface area contributed by atoms with Gasteiger partial charge in [-0.3, -0.25) is 4.57 Å². The van der Waals surface area contributed by atoms with E-state index < -0.39 is 13.9 Å². The second kappa shape index (κ2) is 4.06. The number of halogens is 1. The molecule has 0 radical (unpaired) electrons. The van der Waals surface area contributed by atoms with Gasteiger partial charge < -0.3 is 14.5 Å². The van der Waals surface area contributed by atoms with E-state index in [1.165, 1.54) is 11.3 Å². The first kappa shape index (κ1) is 10.5. The molecule has 0 spiro atoms. The summed E-state index contributed by atoms with van der Waals surface area (Å²) < 4.78 is 16.2. The van der Waals surface area contributed by atoms with Crippen LogP contribution in [-0.4, -0.2) is 16.1 Å². The molecule has 1 aromatic heterocycles. The van der Waals surface area contributed by atoms with E-state index in [4.69, 9.17) is 14.5 Å². The van der Waals surface area contributed by atoms with Gasteiger partial charge in [0.05, 0.1) is 0 Å². The molecule has 1 heterocycles. The highest BCUT2D eigenvalue weighted by Gasteiger charge is 2.14. The van der Waals surface area contributed by atoms with Gasteiger partial charge in [-0.2, -0.15) is 0 Å². The summed E-state index contributed by atoms with van der Waals surface area (Å²) in [6.45, 7) is 0. The van der Waals surface area contributed by atoms with Gasteiger partial charge in [0.25, 0.3) is 0 Å². The third-order valence-electron chi connectivity index (χ3n) is 0.973. The summed E-state index contributed by atoms with van der Waals surface area (Å²) in [5.41, 5.74) is 0. The van der Waals surface area contributed by atoms with Gasteiger partial charge >= 0.3 is 7.60 Å². The lowest BCUT2D eigenvalue weighted by molar-refractivity contribution is 0.300. The van der Waals surface area contributed by atoms with E-state index in [0.29, 0.717) is 5.75 Å². The normalized spacial score (nSPS) is 11.6. The van der Waals surface area contributed by atoms with E-state index >= 15 is 0 Å². The van der Waals surface area contributed by atoms with Gasteiger partial charge in [0, 0.05) is 0 Å². The summed E-state index contributed by atoms with van der Waals surface area (Å²) in [6, 6.07) is 1.68. The molecular formula is C5H6IO4PS. The number of thiophene rings is 1. The van der Waals surface area contributed by atoms with Crippen molar-refractivity contribution >= 4 is 41.5 Å². The molecule has 0 saturated heterocycles. The van der Waals surface area contributed by atoms with Crippen molar-refractivity contribution in [1.29, 1.82) is 0 Å². The first-order valence-electron chi connectivity index (χ1n) is 2.89. The van der Waals surface area contributed by atoms with Crippen LogP contribution in [-0.2, 0) is 4.57 Å². The fourth-order valence-electron chi connectivity index (χ4n) is 0.538. The number of hydrogen-bond donors (Lipinski definition) is 2. The zero-order chi connectivity index (χ0) is 9.19. The first-order valence-corrected chi connectivity index (χ1v) is 6.65. The first-order chi connectivity index (χ1) is 5.49. The van der Waals surface area contributed by atoms with E-state index in [1.807, 2.05) is 22.6 Å². The molecular weight excluding hydrogens is 314 g/mol. The quantitative estimate of drug-likeness (QED) is 0.659. The van der Waals surface area contributed by atoms with E-state index in [-0.39, 0.29) is 0 Å². The van der Waals surface area contributed by atoms with E-state index in [0.717, 1.165) is 2.88 Å². The van der Waals surface area contributed by atoms with Crippen molar-refractivity contribution in [3.8, 4) is 5.75 Å². The molecule has 1 rings (SSSR count). The van der Waals surface area contributed by atoms with Crippen molar-refractivity contribution in [3.05, 3.63) is 14.3 Å². The molecule has 0 unspecified atom stereocenters. The second-order valence-electron chi connectivity index (χ2n) is 2.00. The minimum atomic E-state index is -4.05. The SMILES string of the molecule is O=P(O)(O)COc1ccsc1I. The fourth-order valence-corrected chi connectivity index (χ4v) is 2.18. The predicted molar refractivity (Wildman–Crippen MR) is 54.6 cm³/mol. The monoisotopic (exact) mass is 320 g/mol. The highest BCUT2D eigenvalue weighted by Crippen LogP contribution is 2.36. The Morgan fingerprint density at radius 3 is 2.75 bits per heavy atom. The maximum absolute atomic E-state index is 10.4. The molecule has 0 fully saturated rings. The summed E-state index contributed by atoms with van der Waals surface area (Å²) in [5.74, 6) is 0.531. The topological polar surface area (TPSA) is 66.8 Å². The summed E-state index contributed by atoms with van der Waals surface area (Å²) in [6.07, 6.45) is -0.556. The number of rotatable bonds is 3.